The van der Waals surface area contributed by atoms with E-state index in [0.717, 1.165) is 10.7 Å². The molecule has 1 N–H and O–H groups in total. The second kappa shape index (κ2) is 5.37. The standard InChI is InChI=1S/C13H12Cl2FNOS/c1-7-17-8(6-19-7)5-13(2,18)9-3-12(16)11(15)4-10(9)14/h3-4,6,18H,5H2,1-2H3. The highest BCUT2D eigenvalue weighted by Gasteiger charge is 2.28. The first-order valence-corrected chi connectivity index (χ1v) is 7.21. The predicted octanol–water partition coefficient (Wildman–Crippen LogP) is 4.35. The minimum Gasteiger partial charge on any atom is -0.385 e. The largest absolute Gasteiger partial charge is 0.385 e. The van der Waals surface area contributed by atoms with Gasteiger partial charge in [0, 0.05) is 22.4 Å². The summed E-state index contributed by atoms with van der Waals surface area (Å²) < 4.78 is 13.5. The van der Waals surface area contributed by atoms with Gasteiger partial charge < -0.3 is 5.11 Å². The summed E-state index contributed by atoms with van der Waals surface area (Å²) in [4.78, 5) is 4.29. The molecule has 0 aliphatic heterocycles. The van der Waals surface area contributed by atoms with Crippen LogP contribution in [0.25, 0.3) is 0 Å². The maximum Gasteiger partial charge on any atom is 0.142 e. The number of hydrogen-bond donors (Lipinski definition) is 1. The van der Waals surface area contributed by atoms with Crippen molar-refractivity contribution >= 4 is 34.5 Å². The van der Waals surface area contributed by atoms with Crippen LogP contribution in [0.5, 0.6) is 0 Å². The van der Waals surface area contributed by atoms with Crippen LogP contribution in [-0.4, -0.2) is 10.1 Å². The summed E-state index contributed by atoms with van der Waals surface area (Å²) >= 11 is 13.2. The zero-order valence-corrected chi connectivity index (χ0v) is 12.7. The van der Waals surface area contributed by atoms with Crippen LogP contribution in [0.3, 0.4) is 0 Å². The maximum absolute atomic E-state index is 13.5. The highest BCUT2D eigenvalue weighted by molar-refractivity contribution is 7.09. The summed E-state index contributed by atoms with van der Waals surface area (Å²) in [7, 11) is 0. The van der Waals surface area contributed by atoms with E-state index in [9.17, 15) is 9.50 Å². The third-order valence-corrected chi connectivity index (χ3v) is 4.21. The third kappa shape index (κ3) is 3.26. The number of nitrogens with zero attached hydrogens (tertiary/aromatic N) is 1. The van der Waals surface area contributed by atoms with Gasteiger partial charge in [-0.15, -0.1) is 11.3 Å². The molecule has 1 heterocycles. The van der Waals surface area contributed by atoms with E-state index in [1.54, 1.807) is 6.92 Å². The smallest absolute Gasteiger partial charge is 0.142 e. The molecule has 1 aromatic carbocycles. The van der Waals surface area contributed by atoms with Gasteiger partial charge in [-0.25, -0.2) is 9.37 Å². The minimum atomic E-state index is -1.30. The first-order chi connectivity index (χ1) is 8.79. The molecule has 1 aromatic heterocycles. The van der Waals surface area contributed by atoms with Crippen molar-refractivity contribution in [1.29, 1.82) is 0 Å². The Hall–Kier alpha value is -0.680. The molecular formula is C13H12Cl2FNOS. The highest BCUT2D eigenvalue weighted by atomic mass is 35.5. The second-order valence-corrected chi connectivity index (χ2v) is 6.43. The third-order valence-electron chi connectivity index (χ3n) is 2.78. The first-order valence-electron chi connectivity index (χ1n) is 5.58. The van der Waals surface area contributed by atoms with Crippen LogP contribution in [-0.2, 0) is 12.0 Å². The van der Waals surface area contributed by atoms with Crippen LogP contribution in [0.2, 0.25) is 10.0 Å². The van der Waals surface area contributed by atoms with Crippen molar-refractivity contribution in [2.75, 3.05) is 0 Å². The molecule has 1 unspecified atom stereocenters. The average molecular weight is 320 g/mol. The van der Waals surface area contributed by atoms with Crippen molar-refractivity contribution in [3.05, 3.63) is 49.6 Å². The zero-order valence-electron chi connectivity index (χ0n) is 10.4. The van der Waals surface area contributed by atoms with E-state index in [-0.39, 0.29) is 16.5 Å². The molecule has 0 fully saturated rings. The molecule has 0 saturated heterocycles. The van der Waals surface area contributed by atoms with Crippen LogP contribution in [0, 0.1) is 12.7 Å². The summed E-state index contributed by atoms with van der Waals surface area (Å²) in [6, 6.07) is 2.47. The fraction of sp³-hybridized carbons (Fsp3) is 0.308. The van der Waals surface area contributed by atoms with E-state index < -0.39 is 11.4 Å². The SMILES string of the molecule is Cc1nc(CC(C)(O)c2cc(F)c(Cl)cc2Cl)cs1. The summed E-state index contributed by atoms with van der Waals surface area (Å²) in [5, 5.41) is 13.5. The fourth-order valence-corrected chi connectivity index (χ4v) is 3.07. The normalized spacial score (nSPS) is 14.4. The lowest BCUT2D eigenvalue weighted by molar-refractivity contribution is 0.0565. The van der Waals surface area contributed by atoms with Gasteiger partial charge in [0.2, 0.25) is 0 Å². The van der Waals surface area contributed by atoms with Crippen molar-refractivity contribution in [3.63, 3.8) is 0 Å². The van der Waals surface area contributed by atoms with E-state index >= 15 is 0 Å². The summed E-state index contributed by atoms with van der Waals surface area (Å²) in [6.07, 6.45) is 0.262. The summed E-state index contributed by atoms with van der Waals surface area (Å²) in [5.41, 5.74) is -0.246. The van der Waals surface area contributed by atoms with Gasteiger partial charge in [-0.2, -0.15) is 0 Å². The van der Waals surface area contributed by atoms with Gasteiger partial charge in [0.25, 0.3) is 0 Å². The molecule has 0 aliphatic rings. The van der Waals surface area contributed by atoms with E-state index in [2.05, 4.69) is 4.98 Å². The van der Waals surface area contributed by atoms with Gasteiger partial charge in [-0.1, -0.05) is 23.2 Å². The fourth-order valence-electron chi connectivity index (χ4n) is 1.87. The van der Waals surface area contributed by atoms with Crippen LogP contribution in [0.15, 0.2) is 17.5 Å². The van der Waals surface area contributed by atoms with E-state index in [1.165, 1.54) is 23.5 Å². The maximum atomic E-state index is 13.5. The number of halogens is 3. The highest BCUT2D eigenvalue weighted by Crippen LogP contribution is 2.34. The summed E-state index contributed by atoms with van der Waals surface area (Å²) in [5.74, 6) is -0.601. The van der Waals surface area contributed by atoms with E-state index in [4.69, 9.17) is 23.2 Å². The van der Waals surface area contributed by atoms with Crippen LogP contribution in [0.4, 0.5) is 4.39 Å². The number of aryl methyl sites for hydroxylation is 1. The quantitative estimate of drug-likeness (QED) is 0.853. The molecule has 0 saturated carbocycles. The topological polar surface area (TPSA) is 33.1 Å². The van der Waals surface area contributed by atoms with Gasteiger partial charge >= 0.3 is 0 Å². The Bertz CT molecular complexity index is 613. The Morgan fingerprint density at radius 2 is 2.05 bits per heavy atom. The Balaban J connectivity index is 2.36. The van der Waals surface area contributed by atoms with Crippen molar-refractivity contribution in [2.45, 2.75) is 25.9 Å². The molecule has 6 heteroatoms. The predicted molar refractivity (Wildman–Crippen MR) is 76.5 cm³/mol. The van der Waals surface area contributed by atoms with Crippen molar-refractivity contribution in [2.24, 2.45) is 0 Å². The number of thiazole rings is 1. The second-order valence-electron chi connectivity index (χ2n) is 4.55. The van der Waals surface area contributed by atoms with Gasteiger partial charge in [0.15, 0.2) is 0 Å². The number of rotatable bonds is 3. The lowest BCUT2D eigenvalue weighted by atomic mass is 9.91. The summed E-state index contributed by atoms with van der Waals surface area (Å²) in [6.45, 7) is 3.47. The van der Waals surface area contributed by atoms with E-state index in [0.29, 0.717) is 5.56 Å². The molecule has 19 heavy (non-hydrogen) atoms. The molecule has 102 valence electrons. The van der Waals surface area contributed by atoms with E-state index in [1.807, 2.05) is 12.3 Å². The van der Waals surface area contributed by atoms with Crippen LogP contribution in [0.1, 0.15) is 23.2 Å². The first kappa shape index (κ1) is 14.7. The van der Waals surface area contributed by atoms with Gasteiger partial charge in [-0.3, -0.25) is 0 Å². The molecule has 0 aliphatic carbocycles. The molecule has 2 aromatic rings. The van der Waals surface area contributed by atoms with Crippen molar-refractivity contribution in [1.82, 2.24) is 4.98 Å². The van der Waals surface area contributed by atoms with Crippen LogP contribution >= 0.6 is 34.5 Å². The molecular weight excluding hydrogens is 308 g/mol. The number of aliphatic hydroxyl groups is 1. The molecule has 2 rings (SSSR count). The Morgan fingerprint density at radius 3 is 2.63 bits per heavy atom. The number of benzene rings is 1. The van der Waals surface area contributed by atoms with Crippen molar-refractivity contribution in [3.8, 4) is 0 Å². The molecule has 1 atom stereocenters. The van der Waals surface area contributed by atoms with Gasteiger partial charge in [-0.05, 0) is 26.0 Å². The monoisotopic (exact) mass is 319 g/mol. The molecule has 0 radical (unpaired) electrons. The Kier molecular flexibility index (Phi) is 4.16. The van der Waals surface area contributed by atoms with Gasteiger partial charge in [0.05, 0.1) is 21.3 Å². The number of aromatic nitrogens is 1. The molecule has 0 bridgehead atoms. The lowest BCUT2D eigenvalue weighted by Gasteiger charge is -2.24. The minimum absolute atomic E-state index is 0.0611. The Morgan fingerprint density at radius 1 is 1.37 bits per heavy atom. The van der Waals surface area contributed by atoms with Gasteiger partial charge in [0.1, 0.15) is 5.82 Å². The molecule has 0 amide bonds. The zero-order chi connectivity index (χ0) is 14.2. The van der Waals surface area contributed by atoms with Crippen molar-refractivity contribution < 1.29 is 9.50 Å². The average Bonchev–Trinajstić information content (AvgIpc) is 2.68. The molecule has 2 nitrogen and oxygen atoms in total. The molecule has 0 spiro atoms. The van der Waals surface area contributed by atoms with Crippen LogP contribution < -0.4 is 0 Å². The number of hydrogen-bond acceptors (Lipinski definition) is 3. The Labute approximate surface area is 124 Å². The lowest BCUT2D eigenvalue weighted by Crippen LogP contribution is -2.25.